The third kappa shape index (κ3) is 5.52. The third-order valence-electron chi connectivity index (χ3n) is 3.92. The number of anilines is 1. The molecule has 0 unspecified atom stereocenters. The highest BCUT2D eigenvalue weighted by Crippen LogP contribution is 2.19. The molecule has 1 aliphatic rings. The summed E-state index contributed by atoms with van der Waals surface area (Å²) in [4.78, 5) is 9.19. The van der Waals surface area contributed by atoms with Crippen LogP contribution in [0, 0.1) is 12.8 Å². The first-order valence-corrected chi connectivity index (χ1v) is 8.77. The summed E-state index contributed by atoms with van der Waals surface area (Å²) < 4.78 is 4.27. The maximum atomic E-state index is 10.2. The summed E-state index contributed by atoms with van der Waals surface area (Å²) >= 11 is 1.49. The van der Waals surface area contributed by atoms with Gasteiger partial charge in [-0.2, -0.15) is 4.37 Å². The number of aliphatic hydroxyl groups is 1. The predicted octanol–water partition coefficient (Wildman–Crippen LogP) is 2.16. The topological polar surface area (TPSA) is 52.5 Å². The first-order chi connectivity index (χ1) is 10.0. The number of nitrogens with zero attached hydrogens (tertiary/aromatic N) is 4. The molecule has 0 aromatic carbocycles. The minimum Gasteiger partial charge on any atom is -0.392 e. The highest BCUT2D eigenvalue weighted by Gasteiger charge is 2.19. The zero-order valence-electron chi connectivity index (χ0n) is 13.5. The quantitative estimate of drug-likeness (QED) is 0.872. The van der Waals surface area contributed by atoms with Crippen molar-refractivity contribution in [3.63, 3.8) is 0 Å². The van der Waals surface area contributed by atoms with Crippen LogP contribution in [-0.4, -0.2) is 58.2 Å². The Morgan fingerprint density at radius 1 is 1.19 bits per heavy atom. The van der Waals surface area contributed by atoms with Gasteiger partial charge in [0.05, 0.1) is 6.10 Å². The van der Waals surface area contributed by atoms with Gasteiger partial charge in [0, 0.05) is 37.7 Å². The van der Waals surface area contributed by atoms with Crippen LogP contribution in [0.25, 0.3) is 0 Å². The van der Waals surface area contributed by atoms with Gasteiger partial charge < -0.3 is 10.0 Å². The molecule has 1 N–H and O–H groups in total. The standard InChI is InChI=1S/C15H28N4OS/c1-12(2)5-6-14(20)11-18-7-4-8-19(10-9-18)15-16-13(3)17-21-15/h12,14,20H,4-11H2,1-3H3/t14-/m0/s1. The molecule has 21 heavy (non-hydrogen) atoms. The predicted molar refractivity (Wildman–Crippen MR) is 88.0 cm³/mol. The van der Waals surface area contributed by atoms with Crippen molar-refractivity contribution in [2.24, 2.45) is 5.92 Å². The van der Waals surface area contributed by atoms with Gasteiger partial charge in [0.15, 0.2) is 0 Å². The van der Waals surface area contributed by atoms with Crippen LogP contribution >= 0.6 is 11.5 Å². The van der Waals surface area contributed by atoms with Gasteiger partial charge >= 0.3 is 0 Å². The Labute approximate surface area is 132 Å². The maximum absolute atomic E-state index is 10.2. The largest absolute Gasteiger partial charge is 0.392 e. The minimum atomic E-state index is -0.192. The van der Waals surface area contributed by atoms with Gasteiger partial charge in [0.2, 0.25) is 5.13 Å². The summed E-state index contributed by atoms with van der Waals surface area (Å²) in [6.07, 6.45) is 2.94. The monoisotopic (exact) mass is 312 g/mol. The molecule has 120 valence electrons. The van der Waals surface area contributed by atoms with E-state index in [1.165, 1.54) is 11.5 Å². The molecule has 1 atom stereocenters. The van der Waals surface area contributed by atoms with Gasteiger partial charge in [-0.15, -0.1) is 0 Å². The number of aryl methyl sites for hydroxylation is 1. The zero-order valence-corrected chi connectivity index (χ0v) is 14.3. The maximum Gasteiger partial charge on any atom is 0.205 e. The van der Waals surface area contributed by atoms with Gasteiger partial charge in [-0.1, -0.05) is 13.8 Å². The molecule has 5 nitrogen and oxygen atoms in total. The van der Waals surface area contributed by atoms with Crippen molar-refractivity contribution >= 4 is 16.7 Å². The van der Waals surface area contributed by atoms with Crippen molar-refractivity contribution < 1.29 is 5.11 Å². The third-order valence-corrected chi connectivity index (χ3v) is 4.79. The van der Waals surface area contributed by atoms with E-state index in [-0.39, 0.29) is 6.10 Å². The van der Waals surface area contributed by atoms with Crippen molar-refractivity contribution in [2.45, 2.75) is 46.1 Å². The van der Waals surface area contributed by atoms with E-state index < -0.39 is 0 Å². The highest BCUT2D eigenvalue weighted by atomic mass is 32.1. The van der Waals surface area contributed by atoms with Crippen LogP contribution in [0.2, 0.25) is 0 Å². The summed E-state index contributed by atoms with van der Waals surface area (Å²) in [7, 11) is 0. The van der Waals surface area contributed by atoms with Gasteiger partial charge in [0.25, 0.3) is 0 Å². The summed E-state index contributed by atoms with van der Waals surface area (Å²) in [6.45, 7) is 11.2. The molecule has 0 aliphatic carbocycles. The first-order valence-electron chi connectivity index (χ1n) is 8.00. The normalized spacial score (nSPS) is 19.0. The molecule has 1 saturated heterocycles. The van der Waals surface area contributed by atoms with E-state index in [1.807, 2.05) is 6.92 Å². The van der Waals surface area contributed by atoms with Gasteiger partial charge in [-0.05, 0) is 38.6 Å². The Bertz CT molecular complexity index is 424. The second kappa shape index (κ2) is 8.06. The molecular weight excluding hydrogens is 284 g/mol. The van der Waals surface area contributed by atoms with Crippen LogP contribution < -0.4 is 4.90 Å². The van der Waals surface area contributed by atoms with E-state index in [2.05, 4.69) is 33.0 Å². The van der Waals surface area contributed by atoms with E-state index in [0.717, 1.165) is 62.9 Å². The average Bonchev–Trinajstić information content (AvgIpc) is 2.73. The molecule has 0 saturated carbocycles. The summed E-state index contributed by atoms with van der Waals surface area (Å²) in [5.41, 5.74) is 0. The lowest BCUT2D eigenvalue weighted by Crippen LogP contribution is -2.36. The Morgan fingerprint density at radius 3 is 2.67 bits per heavy atom. The van der Waals surface area contributed by atoms with E-state index in [4.69, 9.17) is 0 Å². The number of aliphatic hydroxyl groups excluding tert-OH is 1. The number of hydrogen-bond acceptors (Lipinski definition) is 6. The smallest absolute Gasteiger partial charge is 0.205 e. The molecule has 2 heterocycles. The summed E-state index contributed by atoms with van der Waals surface area (Å²) in [5, 5.41) is 11.2. The highest BCUT2D eigenvalue weighted by molar-refractivity contribution is 7.09. The lowest BCUT2D eigenvalue weighted by molar-refractivity contribution is 0.104. The Kier molecular flexibility index (Phi) is 6.39. The van der Waals surface area contributed by atoms with Crippen molar-refractivity contribution in [3.8, 4) is 0 Å². The van der Waals surface area contributed by atoms with Gasteiger partial charge in [0.1, 0.15) is 5.82 Å². The second-order valence-electron chi connectivity index (χ2n) is 6.39. The summed E-state index contributed by atoms with van der Waals surface area (Å²) in [6, 6.07) is 0. The molecule has 0 amide bonds. The number of hydrogen-bond donors (Lipinski definition) is 1. The first kappa shape index (κ1) is 16.6. The fourth-order valence-electron chi connectivity index (χ4n) is 2.67. The van der Waals surface area contributed by atoms with Gasteiger partial charge in [-0.3, -0.25) is 4.90 Å². The zero-order chi connectivity index (χ0) is 15.2. The molecule has 0 radical (unpaired) electrons. The summed E-state index contributed by atoms with van der Waals surface area (Å²) in [5.74, 6) is 1.53. The molecule has 0 bridgehead atoms. The molecule has 1 aromatic rings. The van der Waals surface area contributed by atoms with Crippen LogP contribution in [0.15, 0.2) is 0 Å². The fraction of sp³-hybridized carbons (Fsp3) is 0.867. The van der Waals surface area contributed by atoms with E-state index in [9.17, 15) is 5.11 Å². The Hall–Kier alpha value is -0.720. The van der Waals surface area contributed by atoms with Crippen molar-refractivity contribution in [1.29, 1.82) is 0 Å². The van der Waals surface area contributed by atoms with E-state index >= 15 is 0 Å². The molecule has 2 rings (SSSR count). The second-order valence-corrected chi connectivity index (χ2v) is 7.12. The molecule has 0 spiro atoms. The number of aromatic nitrogens is 2. The van der Waals surface area contributed by atoms with Crippen LogP contribution in [-0.2, 0) is 0 Å². The van der Waals surface area contributed by atoms with Crippen LogP contribution in [0.1, 0.15) is 38.9 Å². The van der Waals surface area contributed by atoms with Crippen molar-refractivity contribution in [1.82, 2.24) is 14.3 Å². The Balaban J connectivity index is 1.78. The van der Waals surface area contributed by atoms with Crippen molar-refractivity contribution in [3.05, 3.63) is 5.82 Å². The van der Waals surface area contributed by atoms with Crippen LogP contribution in [0.4, 0.5) is 5.13 Å². The number of rotatable bonds is 6. The van der Waals surface area contributed by atoms with Crippen molar-refractivity contribution in [2.75, 3.05) is 37.6 Å². The SMILES string of the molecule is Cc1nsc(N2CCCN(C[C@@H](O)CCC(C)C)CC2)n1. The molecule has 1 aliphatic heterocycles. The van der Waals surface area contributed by atoms with Gasteiger partial charge in [-0.25, -0.2) is 4.98 Å². The number of β-amino-alcohol motifs (C(OH)–C–C–N with tert-alkyl or cyclic N) is 1. The molecule has 1 fully saturated rings. The van der Waals surface area contributed by atoms with E-state index in [1.54, 1.807) is 0 Å². The fourth-order valence-corrected chi connectivity index (χ4v) is 3.40. The molecular formula is C15H28N4OS. The lowest BCUT2D eigenvalue weighted by atomic mass is 10.0. The minimum absolute atomic E-state index is 0.192. The van der Waals surface area contributed by atoms with Crippen LogP contribution in [0.3, 0.4) is 0 Å². The molecule has 6 heteroatoms. The van der Waals surface area contributed by atoms with Crippen LogP contribution in [0.5, 0.6) is 0 Å². The lowest BCUT2D eigenvalue weighted by Gasteiger charge is -2.24. The molecule has 1 aromatic heterocycles. The average molecular weight is 312 g/mol. The Morgan fingerprint density at radius 2 is 2.00 bits per heavy atom. The van der Waals surface area contributed by atoms with E-state index in [0.29, 0.717) is 5.92 Å².